The van der Waals surface area contributed by atoms with Gasteiger partial charge in [0.15, 0.2) is 0 Å². The van der Waals surface area contributed by atoms with E-state index in [9.17, 15) is 13.6 Å². The zero-order valence-corrected chi connectivity index (χ0v) is 16.9. The highest BCUT2D eigenvalue weighted by Crippen LogP contribution is 2.47. The summed E-state index contributed by atoms with van der Waals surface area (Å²) in [5.74, 6) is 0.121. The minimum absolute atomic E-state index is 0.0587. The number of aryl methyl sites for hydroxylation is 2. The molecule has 1 saturated heterocycles. The van der Waals surface area contributed by atoms with E-state index in [1.54, 1.807) is 12.1 Å². The van der Waals surface area contributed by atoms with Crippen molar-refractivity contribution in [2.75, 3.05) is 16.8 Å². The second kappa shape index (κ2) is 6.54. The van der Waals surface area contributed by atoms with Gasteiger partial charge < -0.3 is 10.2 Å². The molecule has 2 aromatic carbocycles. The van der Waals surface area contributed by atoms with E-state index in [-0.39, 0.29) is 24.2 Å². The Hall–Kier alpha value is -2.43. The van der Waals surface area contributed by atoms with E-state index in [0.717, 1.165) is 47.5 Å². The highest BCUT2D eigenvalue weighted by molar-refractivity contribution is 5.93. The van der Waals surface area contributed by atoms with Crippen molar-refractivity contribution in [3.63, 3.8) is 0 Å². The predicted octanol–water partition coefficient (Wildman–Crippen LogP) is 5.40. The number of amides is 1. The van der Waals surface area contributed by atoms with Gasteiger partial charge in [-0.2, -0.15) is 0 Å². The van der Waals surface area contributed by atoms with Gasteiger partial charge in [-0.15, -0.1) is 0 Å². The van der Waals surface area contributed by atoms with Gasteiger partial charge in [-0.05, 0) is 92.0 Å². The number of anilines is 2. The van der Waals surface area contributed by atoms with Crippen molar-refractivity contribution in [1.82, 2.24) is 0 Å². The smallest absolute Gasteiger partial charge is 0.227 e. The largest absolute Gasteiger partial charge is 0.364 e. The van der Waals surface area contributed by atoms with Crippen molar-refractivity contribution < 1.29 is 13.6 Å². The first-order valence-corrected chi connectivity index (χ1v) is 10.5. The van der Waals surface area contributed by atoms with E-state index >= 15 is 0 Å². The molecule has 0 radical (unpaired) electrons. The third-order valence-electron chi connectivity index (χ3n) is 6.74. The van der Waals surface area contributed by atoms with Crippen LogP contribution < -0.4 is 10.2 Å². The molecule has 2 unspecified atom stereocenters. The van der Waals surface area contributed by atoms with E-state index in [4.69, 9.17) is 0 Å². The molecule has 2 aromatic rings. The molecular formula is C24H26F2N2O. The molecular weight excluding hydrogens is 370 g/mol. The maximum Gasteiger partial charge on any atom is 0.227 e. The van der Waals surface area contributed by atoms with Crippen molar-refractivity contribution >= 4 is 17.3 Å². The third kappa shape index (κ3) is 3.41. The molecule has 2 atom stereocenters. The van der Waals surface area contributed by atoms with Gasteiger partial charge in [0.25, 0.3) is 0 Å². The van der Waals surface area contributed by atoms with Crippen LogP contribution in [0.5, 0.6) is 0 Å². The van der Waals surface area contributed by atoms with Crippen molar-refractivity contribution in [2.45, 2.75) is 57.7 Å². The highest BCUT2D eigenvalue weighted by atomic mass is 19.1. The standard InChI is InChI=1S/C24H26F2N2O/c1-14-7-19(8-15(2)23(14)27-22(29)12-24(26)5-6-24)28-13-16-9-17-11-18(25)3-4-20(17)21(28)10-16/h3-4,7-8,11,16,21H,5-6,9-10,12-13H2,1-2H3,(H,27,29). The number of fused-ring (bicyclic) bond motifs is 4. The summed E-state index contributed by atoms with van der Waals surface area (Å²) >= 11 is 0. The quantitative estimate of drug-likeness (QED) is 0.751. The van der Waals surface area contributed by atoms with E-state index < -0.39 is 5.67 Å². The summed E-state index contributed by atoms with van der Waals surface area (Å²) in [6, 6.07) is 9.66. The van der Waals surface area contributed by atoms with Crippen molar-refractivity contribution in [3.05, 3.63) is 58.4 Å². The van der Waals surface area contributed by atoms with Gasteiger partial charge in [0.1, 0.15) is 11.5 Å². The molecule has 3 nitrogen and oxygen atoms in total. The molecule has 152 valence electrons. The fourth-order valence-electron chi connectivity index (χ4n) is 5.13. The van der Waals surface area contributed by atoms with Crippen LogP contribution in [0.15, 0.2) is 30.3 Å². The van der Waals surface area contributed by atoms with Crippen LogP contribution in [-0.4, -0.2) is 18.1 Å². The number of halogens is 2. The van der Waals surface area contributed by atoms with Crippen molar-refractivity contribution in [1.29, 1.82) is 0 Å². The lowest BCUT2D eigenvalue weighted by Gasteiger charge is -2.30. The summed E-state index contributed by atoms with van der Waals surface area (Å²) in [7, 11) is 0. The normalized spacial score (nSPS) is 23.7. The zero-order chi connectivity index (χ0) is 20.3. The Labute approximate surface area is 170 Å². The first-order valence-electron chi connectivity index (χ1n) is 10.5. The number of carbonyl (C=O) groups excluding carboxylic acids is 1. The summed E-state index contributed by atoms with van der Waals surface area (Å²) in [6.07, 6.45) is 2.93. The summed E-state index contributed by atoms with van der Waals surface area (Å²) in [4.78, 5) is 14.7. The molecule has 5 heteroatoms. The Morgan fingerprint density at radius 3 is 2.62 bits per heavy atom. The molecule has 1 saturated carbocycles. The van der Waals surface area contributed by atoms with E-state index in [1.807, 2.05) is 19.9 Å². The average molecular weight is 396 g/mol. The molecule has 1 aliphatic heterocycles. The summed E-state index contributed by atoms with van der Waals surface area (Å²) < 4.78 is 27.6. The van der Waals surface area contributed by atoms with Gasteiger partial charge in [-0.1, -0.05) is 6.07 Å². The topological polar surface area (TPSA) is 32.3 Å². The Morgan fingerprint density at radius 2 is 1.93 bits per heavy atom. The number of carbonyl (C=O) groups is 1. The summed E-state index contributed by atoms with van der Waals surface area (Å²) in [5.41, 5.74) is 4.96. The SMILES string of the molecule is Cc1cc(N2CC3Cc4cc(F)ccc4C2C3)cc(C)c1NC(=O)CC1(F)CC1. The molecule has 3 aliphatic rings. The fourth-order valence-corrected chi connectivity index (χ4v) is 5.13. The monoisotopic (exact) mass is 396 g/mol. The molecule has 5 rings (SSSR count). The lowest BCUT2D eigenvalue weighted by Crippen LogP contribution is -2.23. The number of nitrogens with zero attached hydrogens (tertiary/aromatic N) is 1. The first kappa shape index (κ1) is 18.6. The first-order chi connectivity index (χ1) is 13.8. The minimum Gasteiger partial charge on any atom is -0.364 e. The Kier molecular flexibility index (Phi) is 4.19. The van der Waals surface area contributed by atoms with Gasteiger partial charge in [0, 0.05) is 17.9 Å². The lowest BCUT2D eigenvalue weighted by molar-refractivity contribution is -0.117. The van der Waals surface area contributed by atoms with E-state index in [2.05, 4.69) is 22.3 Å². The number of benzene rings is 2. The molecule has 0 aromatic heterocycles. The minimum atomic E-state index is -1.29. The number of alkyl halides is 1. The number of rotatable bonds is 4. The second-order valence-electron chi connectivity index (χ2n) is 9.15. The predicted molar refractivity (Wildman–Crippen MR) is 111 cm³/mol. The van der Waals surface area contributed by atoms with Crippen LogP contribution in [0.2, 0.25) is 0 Å². The summed E-state index contributed by atoms with van der Waals surface area (Å²) in [6.45, 7) is 4.93. The Morgan fingerprint density at radius 1 is 1.21 bits per heavy atom. The molecule has 0 spiro atoms. The number of nitrogens with one attached hydrogen (secondary N) is 1. The average Bonchev–Trinajstić information content (AvgIpc) is 3.27. The fraction of sp³-hybridized carbons (Fsp3) is 0.458. The maximum absolute atomic E-state index is 13.9. The van der Waals surface area contributed by atoms with Crippen LogP contribution in [0.3, 0.4) is 0 Å². The molecule has 1 N–H and O–H groups in total. The van der Waals surface area contributed by atoms with Gasteiger partial charge in [-0.3, -0.25) is 4.79 Å². The highest BCUT2D eigenvalue weighted by Gasteiger charge is 2.45. The Bertz CT molecular complexity index is 975. The molecule has 2 aliphatic carbocycles. The van der Waals surface area contributed by atoms with Crippen LogP contribution in [0.4, 0.5) is 20.2 Å². The van der Waals surface area contributed by atoms with Crippen LogP contribution in [0, 0.1) is 25.6 Å². The van der Waals surface area contributed by atoms with Gasteiger partial charge in [-0.25, -0.2) is 8.78 Å². The molecule has 2 bridgehead atoms. The molecule has 1 heterocycles. The second-order valence-corrected chi connectivity index (χ2v) is 9.15. The van der Waals surface area contributed by atoms with Gasteiger partial charge in [0.2, 0.25) is 5.91 Å². The Balaban J connectivity index is 1.41. The van der Waals surface area contributed by atoms with E-state index in [0.29, 0.717) is 18.8 Å². The number of hydrogen-bond acceptors (Lipinski definition) is 2. The van der Waals surface area contributed by atoms with Crippen molar-refractivity contribution in [2.24, 2.45) is 5.92 Å². The maximum atomic E-state index is 13.9. The lowest BCUT2D eigenvalue weighted by atomic mass is 9.84. The zero-order valence-electron chi connectivity index (χ0n) is 16.9. The van der Waals surface area contributed by atoms with Crippen molar-refractivity contribution in [3.8, 4) is 0 Å². The van der Waals surface area contributed by atoms with Crippen LogP contribution >= 0.6 is 0 Å². The molecule has 2 fully saturated rings. The van der Waals surface area contributed by atoms with Crippen LogP contribution in [-0.2, 0) is 11.2 Å². The third-order valence-corrected chi connectivity index (χ3v) is 6.74. The van der Waals surface area contributed by atoms with Gasteiger partial charge in [0.05, 0.1) is 12.5 Å². The molecule has 29 heavy (non-hydrogen) atoms. The van der Waals surface area contributed by atoms with Crippen LogP contribution in [0.1, 0.15) is 54.0 Å². The van der Waals surface area contributed by atoms with Crippen LogP contribution in [0.25, 0.3) is 0 Å². The molecule has 1 amide bonds. The van der Waals surface area contributed by atoms with Gasteiger partial charge >= 0.3 is 0 Å². The number of hydrogen-bond donors (Lipinski definition) is 1. The summed E-state index contributed by atoms with van der Waals surface area (Å²) in [5, 5.41) is 2.92. The van der Waals surface area contributed by atoms with E-state index in [1.165, 1.54) is 5.56 Å².